The molecule has 0 rings (SSSR count). The van der Waals surface area contributed by atoms with Gasteiger partial charge in [-0.25, -0.2) is 0 Å². The molecule has 0 radical (unpaired) electrons. The Kier molecular flexibility index (Phi) is 21.2. The molecule has 0 aliphatic carbocycles. The van der Waals surface area contributed by atoms with Crippen LogP contribution < -0.4 is 26.6 Å². The summed E-state index contributed by atoms with van der Waals surface area (Å²) < 4.78 is 0. The van der Waals surface area contributed by atoms with Crippen molar-refractivity contribution in [2.45, 2.75) is 142 Å². The van der Waals surface area contributed by atoms with E-state index in [9.17, 15) is 47.9 Å². The van der Waals surface area contributed by atoms with E-state index in [0.717, 1.165) is 0 Å². The Labute approximate surface area is 282 Å². The van der Waals surface area contributed by atoms with Crippen molar-refractivity contribution < 1.29 is 47.9 Å². The predicted molar refractivity (Wildman–Crippen MR) is 175 cm³/mol. The number of nitrogens with one attached hydrogen (secondary N) is 5. The Hall–Kier alpha value is -4.14. The van der Waals surface area contributed by atoms with Crippen molar-refractivity contribution in [3.8, 4) is 0 Å². The molecule has 0 aliphatic heterocycles. The standard InChI is InChI=1S/C33H53N5O10/c1-19(39)8-13-25(18-24(6)44)35-31(46)27(15-10-21(3)41)37-33(48)29(17-12-23(5)43)38-32(47)28(16-11-22(4)42)36-30(45)26(34-7)14-9-20(2)40/h25-29,34H,8-18H2,1-7H3,(H,35,46)(H,36,45)(H,37,48)(H,38,47). The molecule has 0 saturated carbocycles. The number of carbonyl (C=O) groups excluding carboxylic acids is 10. The average molecular weight is 680 g/mol. The third-order valence-corrected chi connectivity index (χ3v) is 7.43. The molecule has 0 aromatic rings. The van der Waals surface area contributed by atoms with E-state index in [0.29, 0.717) is 0 Å². The van der Waals surface area contributed by atoms with Crippen molar-refractivity contribution in [2.24, 2.45) is 0 Å². The summed E-state index contributed by atoms with van der Waals surface area (Å²) >= 11 is 0. The molecule has 0 aliphatic rings. The fourth-order valence-electron chi connectivity index (χ4n) is 4.67. The van der Waals surface area contributed by atoms with Gasteiger partial charge in [0.05, 0.1) is 6.04 Å². The van der Waals surface area contributed by atoms with Gasteiger partial charge in [0.25, 0.3) is 0 Å². The molecule has 5 N–H and O–H groups in total. The molecule has 0 saturated heterocycles. The third kappa shape index (κ3) is 20.2. The van der Waals surface area contributed by atoms with Crippen molar-refractivity contribution in [1.29, 1.82) is 0 Å². The van der Waals surface area contributed by atoms with Crippen LogP contribution in [0.2, 0.25) is 0 Å². The molecule has 0 fully saturated rings. The molecule has 15 nitrogen and oxygen atoms in total. The van der Waals surface area contributed by atoms with Crippen molar-refractivity contribution in [3.63, 3.8) is 0 Å². The van der Waals surface area contributed by atoms with E-state index in [-0.39, 0.29) is 105 Å². The Morgan fingerprint density at radius 2 is 0.646 bits per heavy atom. The van der Waals surface area contributed by atoms with Gasteiger partial charge >= 0.3 is 0 Å². The zero-order chi connectivity index (χ0) is 37.0. The molecule has 48 heavy (non-hydrogen) atoms. The van der Waals surface area contributed by atoms with Crippen LogP contribution in [0.3, 0.4) is 0 Å². The molecular weight excluding hydrogens is 626 g/mol. The first kappa shape index (κ1) is 43.9. The van der Waals surface area contributed by atoms with Gasteiger partial charge in [-0.2, -0.15) is 0 Å². The first-order valence-electron chi connectivity index (χ1n) is 16.2. The molecule has 5 unspecified atom stereocenters. The van der Waals surface area contributed by atoms with Gasteiger partial charge in [0, 0.05) is 44.6 Å². The fourth-order valence-corrected chi connectivity index (χ4v) is 4.67. The zero-order valence-electron chi connectivity index (χ0n) is 29.2. The number of likely N-dealkylation sites (N-methyl/N-ethyl adjacent to an activating group) is 1. The Morgan fingerprint density at radius 1 is 0.375 bits per heavy atom. The summed E-state index contributed by atoms with van der Waals surface area (Å²) in [5.74, 6) is -4.25. The quantitative estimate of drug-likeness (QED) is 0.0837. The number of carbonyl (C=O) groups is 10. The topological polar surface area (TPSA) is 231 Å². The highest BCUT2D eigenvalue weighted by atomic mass is 16.2. The molecule has 0 spiro atoms. The Balaban J connectivity index is 6.17. The minimum Gasteiger partial charge on any atom is -0.351 e. The van der Waals surface area contributed by atoms with Crippen LogP contribution in [0.4, 0.5) is 0 Å². The maximum atomic E-state index is 13.6. The first-order chi connectivity index (χ1) is 22.4. The van der Waals surface area contributed by atoms with E-state index < -0.39 is 53.8 Å². The third-order valence-electron chi connectivity index (χ3n) is 7.43. The van der Waals surface area contributed by atoms with E-state index >= 15 is 0 Å². The predicted octanol–water partition coefficient (Wildman–Crippen LogP) is 0.339. The van der Waals surface area contributed by atoms with E-state index in [2.05, 4.69) is 26.6 Å². The highest BCUT2D eigenvalue weighted by Crippen LogP contribution is 2.10. The average Bonchev–Trinajstić information content (AvgIpc) is 2.97. The highest BCUT2D eigenvalue weighted by Gasteiger charge is 2.32. The lowest BCUT2D eigenvalue weighted by atomic mass is 10.0. The summed E-state index contributed by atoms with van der Waals surface area (Å²) in [6.45, 7) is 8.02. The van der Waals surface area contributed by atoms with Crippen LogP contribution >= 0.6 is 0 Å². The van der Waals surface area contributed by atoms with Gasteiger partial charge in [0.1, 0.15) is 52.8 Å². The van der Waals surface area contributed by atoms with E-state index in [1.807, 2.05) is 0 Å². The van der Waals surface area contributed by atoms with Gasteiger partial charge < -0.3 is 50.6 Å². The van der Waals surface area contributed by atoms with Gasteiger partial charge in [-0.3, -0.25) is 24.0 Å². The maximum Gasteiger partial charge on any atom is 0.243 e. The van der Waals surface area contributed by atoms with Gasteiger partial charge in [-0.15, -0.1) is 0 Å². The number of ketones is 6. The fraction of sp³-hybridized carbons (Fsp3) is 0.697. The smallest absolute Gasteiger partial charge is 0.243 e. The molecular formula is C33H53N5O10. The van der Waals surface area contributed by atoms with Crippen LogP contribution in [0.15, 0.2) is 0 Å². The number of hydrogen-bond donors (Lipinski definition) is 5. The van der Waals surface area contributed by atoms with Gasteiger partial charge in [-0.05, 0) is 80.7 Å². The lowest BCUT2D eigenvalue weighted by molar-refractivity contribution is -0.135. The number of Topliss-reactive ketones (excluding diaryl/α,β-unsaturated/α-hetero) is 6. The van der Waals surface area contributed by atoms with Crippen LogP contribution in [-0.2, 0) is 47.9 Å². The minimum absolute atomic E-state index is 0.0553. The van der Waals surface area contributed by atoms with Gasteiger partial charge in [0.15, 0.2) is 0 Å². The molecule has 270 valence electrons. The maximum absolute atomic E-state index is 13.6. The molecule has 0 bridgehead atoms. The van der Waals surface area contributed by atoms with Crippen molar-refractivity contribution in [2.75, 3.05) is 7.05 Å². The summed E-state index contributed by atoms with van der Waals surface area (Å²) in [5.41, 5.74) is 0. The van der Waals surface area contributed by atoms with Gasteiger partial charge in [0.2, 0.25) is 23.6 Å². The van der Waals surface area contributed by atoms with Crippen molar-refractivity contribution >= 4 is 58.3 Å². The molecule has 0 heterocycles. The molecule has 15 heteroatoms. The van der Waals surface area contributed by atoms with Crippen LogP contribution in [0.1, 0.15) is 112 Å². The van der Waals surface area contributed by atoms with Gasteiger partial charge in [-0.1, -0.05) is 0 Å². The lowest BCUT2D eigenvalue weighted by Crippen LogP contribution is -2.58. The number of rotatable bonds is 26. The van der Waals surface area contributed by atoms with E-state index in [1.54, 1.807) is 0 Å². The second-order valence-corrected chi connectivity index (χ2v) is 12.3. The second kappa shape index (κ2) is 23.2. The second-order valence-electron chi connectivity index (χ2n) is 12.3. The van der Waals surface area contributed by atoms with Crippen LogP contribution in [0, 0.1) is 0 Å². The van der Waals surface area contributed by atoms with Crippen LogP contribution in [0.25, 0.3) is 0 Å². The van der Waals surface area contributed by atoms with Crippen molar-refractivity contribution in [1.82, 2.24) is 26.6 Å². The first-order valence-corrected chi connectivity index (χ1v) is 16.2. The highest BCUT2D eigenvalue weighted by molar-refractivity contribution is 5.95. The summed E-state index contributed by atoms with van der Waals surface area (Å²) in [6.07, 6.45) is -0.133. The minimum atomic E-state index is -1.35. The van der Waals surface area contributed by atoms with E-state index in [4.69, 9.17) is 0 Å². The lowest BCUT2D eigenvalue weighted by Gasteiger charge is -2.27. The normalized spacial score (nSPS) is 13.9. The van der Waals surface area contributed by atoms with Crippen molar-refractivity contribution in [3.05, 3.63) is 0 Å². The largest absolute Gasteiger partial charge is 0.351 e. The Bertz CT molecular complexity index is 1200. The summed E-state index contributed by atoms with van der Waals surface area (Å²) in [6, 6.07) is -5.40. The number of amides is 4. The summed E-state index contributed by atoms with van der Waals surface area (Å²) in [7, 11) is 1.52. The monoisotopic (exact) mass is 679 g/mol. The summed E-state index contributed by atoms with van der Waals surface area (Å²) in [4.78, 5) is 123. The number of hydrogen-bond acceptors (Lipinski definition) is 11. The molecule has 0 aromatic heterocycles. The van der Waals surface area contributed by atoms with Crippen LogP contribution in [0.5, 0.6) is 0 Å². The molecule has 4 amide bonds. The molecule has 0 aromatic carbocycles. The van der Waals surface area contributed by atoms with E-state index in [1.165, 1.54) is 48.6 Å². The van der Waals surface area contributed by atoms with Crippen LogP contribution in [-0.4, -0.2) is 95.6 Å². The molecule has 5 atom stereocenters. The summed E-state index contributed by atoms with van der Waals surface area (Å²) in [5, 5.41) is 13.1. The SMILES string of the molecule is CNC(CCC(C)=O)C(=O)NC(CCC(C)=O)C(=O)NC(CCC(C)=O)C(=O)NC(CCC(C)=O)C(=O)NC(CCC(C)=O)CC(C)=O. The Morgan fingerprint density at radius 3 is 0.938 bits per heavy atom. The zero-order valence-corrected chi connectivity index (χ0v) is 29.2.